The quantitative estimate of drug-likeness (QED) is 0.619. The number of hydrogen-bond acceptors (Lipinski definition) is 1. The standard InChI is InChI=1S/C17H31NSi2/c1-10-15-13-11-12-14-16(15)18(19(5,6)7)20(8,9)17(2,3)4/h10-14H,1H2,2-9H3. The molecule has 0 amide bonds. The Bertz CT molecular complexity index is 478. The predicted octanol–water partition coefficient (Wildman–Crippen LogP) is 5.98. The number of nitrogens with zero attached hydrogens (tertiary/aromatic N) is 1. The first-order valence-electron chi connectivity index (χ1n) is 7.45. The summed E-state index contributed by atoms with van der Waals surface area (Å²) in [5, 5.41) is 0.335. The molecule has 20 heavy (non-hydrogen) atoms. The van der Waals surface area contributed by atoms with Gasteiger partial charge >= 0.3 is 0 Å². The van der Waals surface area contributed by atoms with Gasteiger partial charge in [0.05, 0.1) is 0 Å². The summed E-state index contributed by atoms with van der Waals surface area (Å²) in [6.45, 7) is 23.5. The maximum Gasteiger partial charge on any atom is 0.147 e. The summed E-state index contributed by atoms with van der Waals surface area (Å²) in [7, 11) is -3.08. The van der Waals surface area contributed by atoms with Crippen LogP contribution in [0.15, 0.2) is 30.8 Å². The van der Waals surface area contributed by atoms with Crippen LogP contribution in [0.5, 0.6) is 0 Å². The van der Waals surface area contributed by atoms with E-state index in [4.69, 9.17) is 0 Å². The fourth-order valence-corrected chi connectivity index (χ4v) is 12.8. The minimum Gasteiger partial charge on any atom is -0.424 e. The summed E-state index contributed by atoms with van der Waals surface area (Å²) in [4.78, 5) is 0. The zero-order valence-electron chi connectivity index (χ0n) is 14.5. The van der Waals surface area contributed by atoms with Gasteiger partial charge < -0.3 is 4.23 Å². The Morgan fingerprint density at radius 1 is 1.00 bits per heavy atom. The van der Waals surface area contributed by atoms with E-state index in [1.807, 2.05) is 6.08 Å². The fourth-order valence-electron chi connectivity index (χ4n) is 2.70. The van der Waals surface area contributed by atoms with Crippen LogP contribution in [0.4, 0.5) is 5.69 Å². The van der Waals surface area contributed by atoms with E-state index in [1.165, 1.54) is 11.3 Å². The van der Waals surface area contributed by atoms with Gasteiger partial charge in [-0.25, -0.2) is 0 Å². The van der Waals surface area contributed by atoms with E-state index in [0.29, 0.717) is 5.04 Å². The van der Waals surface area contributed by atoms with E-state index in [2.05, 4.69) is 88.6 Å². The van der Waals surface area contributed by atoms with Crippen molar-refractivity contribution in [3.8, 4) is 0 Å². The molecule has 0 saturated heterocycles. The van der Waals surface area contributed by atoms with Crippen LogP contribution in [0.3, 0.4) is 0 Å². The molecule has 0 unspecified atom stereocenters. The minimum atomic E-state index is -1.61. The molecule has 0 aliphatic heterocycles. The largest absolute Gasteiger partial charge is 0.424 e. The molecule has 0 bridgehead atoms. The Morgan fingerprint density at radius 3 is 1.90 bits per heavy atom. The third-order valence-corrected chi connectivity index (χ3v) is 14.8. The first kappa shape index (κ1) is 17.2. The van der Waals surface area contributed by atoms with Crippen molar-refractivity contribution in [3.63, 3.8) is 0 Å². The molecule has 0 atom stereocenters. The second-order valence-electron chi connectivity index (χ2n) is 8.08. The summed E-state index contributed by atoms with van der Waals surface area (Å²) in [6, 6.07) is 8.72. The highest BCUT2D eigenvalue weighted by atomic mass is 28.4. The van der Waals surface area contributed by atoms with Gasteiger partial charge in [0.1, 0.15) is 16.5 Å². The zero-order valence-corrected chi connectivity index (χ0v) is 16.5. The Hall–Kier alpha value is -0.806. The summed E-state index contributed by atoms with van der Waals surface area (Å²) < 4.78 is 2.82. The molecule has 0 aliphatic rings. The molecule has 0 heterocycles. The number of para-hydroxylation sites is 1. The molecule has 1 nitrogen and oxygen atoms in total. The molecule has 0 saturated carbocycles. The lowest BCUT2D eigenvalue weighted by molar-refractivity contribution is 0.717. The maximum atomic E-state index is 4.00. The Labute approximate surface area is 127 Å². The first-order valence-corrected chi connectivity index (χ1v) is 13.8. The Balaban J connectivity index is 3.54. The van der Waals surface area contributed by atoms with Crippen molar-refractivity contribution in [1.29, 1.82) is 0 Å². The molecule has 0 fully saturated rings. The number of benzene rings is 1. The average Bonchev–Trinajstić information content (AvgIpc) is 2.26. The second-order valence-corrected chi connectivity index (χ2v) is 18.4. The first-order chi connectivity index (χ1) is 8.93. The SMILES string of the molecule is C=Cc1ccccc1N([Si](C)(C)C)[Si](C)(C)C(C)(C)C. The van der Waals surface area contributed by atoms with Crippen molar-refractivity contribution >= 4 is 28.2 Å². The molecule has 0 N–H and O–H groups in total. The smallest absolute Gasteiger partial charge is 0.147 e. The van der Waals surface area contributed by atoms with Crippen molar-refractivity contribution in [3.05, 3.63) is 36.4 Å². The summed E-state index contributed by atoms with van der Waals surface area (Å²) in [6.07, 6.45) is 2.00. The predicted molar refractivity (Wildman–Crippen MR) is 99.6 cm³/mol. The minimum absolute atomic E-state index is 0.335. The van der Waals surface area contributed by atoms with Crippen LogP contribution < -0.4 is 4.23 Å². The number of hydrogen-bond donors (Lipinski definition) is 0. The van der Waals surface area contributed by atoms with Crippen LogP contribution in [-0.2, 0) is 0 Å². The van der Waals surface area contributed by atoms with Gasteiger partial charge in [0.25, 0.3) is 0 Å². The van der Waals surface area contributed by atoms with Gasteiger partial charge in [-0.15, -0.1) is 0 Å². The third-order valence-electron chi connectivity index (χ3n) is 4.46. The fraction of sp³-hybridized carbons (Fsp3) is 0.529. The summed E-state index contributed by atoms with van der Waals surface area (Å²) >= 11 is 0. The van der Waals surface area contributed by atoms with E-state index in [1.54, 1.807) is 0 Å². The Kier molecular flexibility index (Phi) is 4.77. The van der Waals surface area contributed by atoms with Crippen LogP contribution in [0.1, 0.15) is 26.3 Å². The lowest BCUT2D eigenvalue weighted by Gasteiger charge is -2.54. The highest BCUT2D eigenvalue weighted by molar-refractivity contribution is 7.01. The monoisotopic (exact) mass is 305 g/mol. The number of anilines is 1. The molecule has 3 heteroatoms. The molecule has 1 aromatic rings. The van der Waals surface area contributed by atoms with Crippen molar-refractivity contribution in [2.24, 2.45) is 0 Å². The van der Waals surface area contributed by atoms with Gasteiger partial charge in [-0.05, 0) is 16.7 Å². The van der Waals surface area contributed by atoms with Crippen LogP contribution >= 0.6 is 0 Å². The molecular weight excluding hydrogens is 274 g/mol. The van der Waals surface area contributed by atoms with Crippen molar-refractivity contribution < 1.29 is 0 Å². The third kappa shape index (κ3) is 3.26. The average molecular weight is 306 g/mol. The summed E-state index contributed by atoms with van der Waals surface area (Å²) in [5.41, 5.74) is 2.65. The van der Waals surface area contributed by atoms with E-state index >= 15 is 0 Å². The highest BCUT2D eigenvalue weighted by Crippen LogP contribution is 2.43. The van der Waals surface area contributed by atoms with Gasteiger partial charge in [-0.1, -0.05) is 84.4 Å². The molecule has 0 aromatic heterocycles. The van der Waals surface area contributed by atoms with E-state index in [9.17, 15) is 0 Å². The normalized spacial score (nSPS) is 13.2. The van der Waals surface area contributed by atoms with Gasteiger partial charge in [0, 0.05) is 5.69 Å². The highest BCUT2D eigenvalue weighted by Gasteiger charge is 2.46. The molecule has 0 spiro atoms. The van der Waals surface area contributed by atoms with Crippen LogP contribution in [0.2, 0.25) is 37.8 Å². The van der Waals surface area contributed by atoms with E-state index in [-0.39, 0.29) is 0 Å². The van der Waals surface area contributed by atoms with Gasteiger partial charge in [0.15, 0.2) is 0 Å². The maximum absolute atomic E-state index is 4.00. The molecular formula is C17H31NSi2. The molecule has 112 valence electrons. The molecule has 0 aliphatic carbocycles. The molecule has 1 aromatic carbocycles. The zero-order chi connectivity index (χ0) is 15.8. The number of rotatable bonds is 4. The van der Waals surface area contributed by atoms with Crippen LogP contribution in [0, 0.1) is 0 Å². The lowest BCUT2D eigenvalue weighted by Crippen LogP contribution is -2.65. The molecule has 1 rings (SSSR count). The molecule has 0 radical (unpaired) electrons. The van der Waals surface area contributed by atoms with Crippen LogP contribution in [-0.4, -0.2) is 16.5 Å². The van der Waals surface area contributed by atoms with Gasteiger partial charge in [-0.3, -0.25) is 0 Å². The lowest BCUT2D eigenvalue weighted by atomic mass is 10.2. The van der Waals surface area contributed by atoms with Crippen molar-refractivity contribution in [1.82, 2.24) is 0 Å². The van der Waals surface area contributed by atoms with E-state index in [0.717, 1.165) is 0 Å². The van der Waals surface area contributed by atoms with Gasteiger partial charge in [-0.2, -0.15) is 0 Å². The van der Waals surface area contributed by atoms with Gasteiger partial charge in [0.2, 0.25) is 0 Å². The van der Waals surface area contributed by atoms with Crippen molar-refractivity contribution in [2.75, 3.05) is 4.23 Å². The van der Waals surface area contributed by atoms with Crippen molar-refractivity contribution in [2.45, 2.75) is 58.5 Å². The van der Waals surface area contributed by atoms with E-state index < -0.39 is 16.5 Å². The topological polar surface area (TPSA) is 3.24 Å². The summed E-state index contributed by atoms with van der Waals surface area (Å²) in [5.74, 6) is 0. The second kappa shape index (κ2) is 5.53. The Morgan fingerprint density at radius 2 is 1.50 bits per heavy atom. The van der Waals surface area contributed by atoms with Crippen LogP contribution in [0.25, 0.3) is 6.08 Å².